The van der Waals surface area contributed by atoms with Gasteiger partial charge >= 0.3 is 0 Å². The summed E-state index contributed by atoms with van der Waals surface area (Å²) in [7, 11) is 0. The number of hydrogen-bond donors (Lipinski definition) is 0. The molecular formula is C8H14BrNO. The van der Waals surface area contributed by atoms with Crippen molar-refractivity contribution in [2.75, 3.05) is 11.9 Å². The highest BCUT2D eigenvalue weighted by atomic mass is 79.9. The predicted molar refractivity (Wildman–Crippen MR) is 48.7 cm³/mol. The van der Waals surface area contributed by atoms with Gasteiger partial charge in [-0.2, -0.15) is 5.26 Å². The van der Waals surface area contributed by atoms with E-state index < -0.39 is 5.60 Å². The highest BCUT2D eigenvalue weighted by molar-refractivity contribution is 9.09. The number of nitriles is 1. The third-order valence-electron chi connectivity index (χ3n) is 1.26. The Bertz CT molecular complexity index is 140. The smallest absolute Gasteiger partial charge is 0.148 e. The summed E-state index contributed by atoms with van der Waals surface area (Å²) < 4.78 is 5.30. The first-order chi connectivity index (χ1) is 5.12. The average Bonchev–Trinajstić information content (AvgIpc) is 1.99. The third-order valence-corrected chi connectivity index (χ3v) is 1.82. The fraction of sp³-hybridized carbons (Fsp3) is 0.875. The van der Waals surface area contributed by atoms with Crippen molar-refractivity contribution in [3.63, 3.8) is 0 Å². The largest absolute Gasteiger partial charge is 0.361 e. The lowest BCUT2D eigenvalue weighted by Gasteiger charge is -2.15. The Morgan fingerprint density at radius 3 is 2.55 bits per heavy atom. The van der Waals surface area contributed by atoms with Crippen LogP contribution in [0.4, 0.5) is 0 Å². The fourth-order valence-electron chi connectivity index (χ4n) is 0.556. The van der Waals surface area contributed by atoms with E-state index in [1.807, 2.05) is 0 Å². The van der Waals surface area contributed by atoms with E-state index in [9.17, 15) is 0 Å². The van der Waals surface area contributed by atoms with Crippen LogP contribution >= 0.6 is 15.9 Å². The monoisotopic (exact) mass is 219 g/mol. The van der Waals surface area contributed by atoms with Crippen LogP contribution in [0.1, 0.15) is 26.7 Å². The van der Waals surface area contributed by atoms with Gasteiger partial charge in [0.15, 0.2) is 0 Å². The SMILES string of the molecule is CC(C)(C#N)OCCCCBr. The van der Waals surface area contributed by atoms with E-state index in [1.54, 1.807) is 13.8 Å². The molecule has 0 aromatic heterocycles. The second kappa shape index (κ2) is 5.56. The minimum absolute atomic E-state index is 0.619. The first kappa shape index (κ1) is 10.9. The highest BCUT2D eigenvalue weighted by Crippen LogP contribution is 2.07. The second-order valence-electron chi connectivity index (χ2n) is 2.87. The van der Waals surface area contributed by atoms with Gasteiger partial charge in [-0.3, -0.25) is 0 Å². The van der Waals surface area contributed by atoms with Crippen LogP contribution in [-0.2, 0) is 4.74 Å². The first-order valence-corrected chi connectivity index (χ1v) is 4.86. The van der Waals surface area contributed by atoms with Gasteiger partial charge in [-0.15, -0.1) is 0 Å². The van der Waals surface area contributed by atoms with Gasteiger partial charge in [0.2, 0.25) is 0 Å². The molecule has 0 radical (unpaired) electrons. The lowest BCUT2D eigenvalue weighted by Crippen LogP contribution is -2.22. The highest BCUT2D eigenvalue weighted by Gasteiger charge is 2.15. The van der Waals surface area contributed by atoms with Gasteiger partial charge in [0.25, 0.3) is 0 Å². The third kappa shape index (κ3) is 6.33. The summed E-state index contributed by atoms with van der Waals surface area (Å²) in [5.41, 5.74) is -0.619. The Hall–Kier alpha value is -0.0700. The second-order valence-corrected chi connectivity index (χ2v) is 3.66. The van der Waals surface area contributed by atoms with E-state index in [1.165, 1.54) is 0 Å². The van der Waals surface area contributed by atoms with Crippen molar-refractivity contribution in [1.82, 2.24) is 0 Å². The molecule has 11 heavy (non-hydrogen) atoms. The van der Waals surface area contributed by atoms with Crippen LogP contribution in [0.2, 0.25) is 0 Å². The average molecular weight is 220 g/mol. The summed E-state index contributed by atoms with van der Waals surface area (Å²) in [4.78, 5) is 0. The number of hydrogen-bond acceptors (Lipinski definition) is 2. The van der Waals surface area contributed by atoms with Crippen molar-refractivity contribution in [1.29, 1.82) is 5.26 Å². The van der Waals surface area contributed by atoms with Gasteiger partial charge < -0.3 is 4.74 Å². The Labute approximate surface area is 76.7 Å². The van der Waals surface area contributed by atoms with Crippen LogP contribution < -0.4 is 0 Å². The maximum Gasteiger partial charge on any atom is 0.148 e. The van der Waals surface area contributed by atoms with Crippen LogP contribution in [0.3, 0.4) is 0 Å². The van der Waals surface area contributed by atoms with Gasteiger partial charge in [0.05, 0.1) is 6.07 Å². The minimum Gasteiger partial charge on any atom is -0.361 e. The minimum atomic E-state index is -0.619. The molecule has 0 heterocycles. The van der Waals surface area contributed by atoms with Crippen LogP contribution in [-0.4, -0.2) is 17.5 Å². The fourth-order valence-corrected chi connectivity index (χ4v) is 0.953. The number of rotatable bonds is 5. The zero-order valence-corrected chi connectivity index (χ0v) is 8.65. The molecule has 0 fully saturated rings. The van der Waals surface area contributed by atoms with Gasteiger partial charge in [-0.1, -0.05) is 15.9 Å². The molecule has 0 aliphatic rings. The van der Waals surface area contributed by atoms with Gasteiger partial charge in [0, 0.05) is 11.9 Å². The lowest BCUT2D eigenvalue weighted by atomic mass is 10.2. The molecule has 0 saturated carbocycles. The maximum atomic E-state index is 8.57. The van der Waals surface area contributed by atoms with Crippen molar-refractivity contribution >= 4 is 15.9 Å². The summed E-state index contributed by atoms with van der Waals surface area (Å²) in [5, 5.41) is 9.57. The van der Waals surface area contributed by atoms with Gasteiger partial charge in [-0.25, -0.2) is 0 Å². The molecule has 2 nitrogen and oxygen atoms in total. The first-order valence-electron chi connectivity index (χ1n) is 3.73. The molecule has 0 spiro atoms. The summed E-state index contributed by atoms with van der Waals surface area (Å²) >= 11 is 3.33. The molecule has 0 rings (SSSR count). The van der Waals surface area contributed by atoms with E-state index in [0.29, 0.717) is 6.61 Å². The molecule has 0 saturated heterocycles. The molecule has 0 aliphatic heterocycles. The number of halogens is 1. The summed E-state index contributed by atoms with van der Waals surface area (Å²) in [6, 6.07) is 2.08. The Balaban J connectivity index is 3.32. The van der Waals surface area contributed by atoms with E-state index >= 15 is 0 Å². The Kier molecular flexibility index (Phi) is 5.53. The molecule has 3 heteroatoms. The molecule has 0 aromatic carbocycles. The van der Waals surface area contributed by atoms with Gasteiger partial charge in [0.1, 0.15) is 5.60 Å². The number of nitrogens with zero attached hydrogens (tertiary/aromatic N) is 1. The van der Waals surface area contributed by atoms with Gasteiger partial charge in [-0.05, 0) is 26.7 Å². The van der Waals surface area contributed by atoms with Crippen molar-refractivity contribution in [2.45, 2.75) is 32.3 Å². The molecule has 0 N–H and O–H groups in total. The van der Waals surface area contributed by atoms with Crippen LogP contribution in [0.5, 0.6) is 0 Å². The molecule has 0 aromatic rings. The van der Waals surface area contributed by atoms with Crippen molar-refractivity contribution in [3.05, 3.63) is 0 Å². The molecule has 0 unspecified atom stereocenters. The molecule has 0 amide bonds. The molecule has 0 aliphatic carbocycles. The summed E-state index contributed by atoms with van der Waals surface area (Å²) in [6.07, 6.45) is 2.11. The quantitative estimate of drug-likeness (QED) is 0.526. The Morgan fingerprint density at radius 1 is 1.45 bits per heavy atom. The van der Waals surface area contributed by atoms with E-state index in [2.05, 4.69) is 22.0 Å². The predicted octanol–water partition coefficient (Wildman–Crippen LogP) is 2.48. The molecule has 0 bridgehead atoms. The number of unbranched alkanes of at least 4 members (excludes halogenated alkanes) is 1. The van der Waals surface area contributed by atoms with Crippen molar-refractivity contribution < 1.29 is 4.74 Å². The zero-order chi connectivity index (χ0) is 8.74. The van der Waals surface area contributed by atoms with Crippen LogP contribution in [0, 0.1) is 11.3 Å². The normalized spacial score (nSPS) is 11.1. The van der Waals surface area contributed by atoms with E-state index in [-0.39, 0.29) is 0 Å². The summed E-state index contributed by atoms with van der Waals surface area (Å²) in [5.74, 6) is 0. The maximum absolute atomic E-state index is 8.57. The molecular weight excluding hydrogens is 206 g/mol. The zero-order valence-electron chi connectivity index (χ0n) is 7.06. The number of alkyl halides is 1. The van der Waals surface area contributed by atoms with E-state index in [4.69, 9.17) is 10.00 Å². The number of ether oxygens (including phenoxy) is 1. The molecule has 0 atom stereocenters. The molecule has 64 valence electrons. The van der Waals surface area contributed by atoms with Crippen molar-refractivity contribution in [2.24, 2.45) is 0 Å². The standard InChI is InChI=1S/C8H14BrNO/c1-8(2,7-10)11-6-4-3-5-9/h3-6H2,1-2H3. The van der Waals surface area contributed by atoms with Crippen LogP contribution in [0.15, 0.2) is 0 Å². The lowest BCUT2D eigenvalue weighted by molar-refractivity contribution is 0.0240. The van der Waals surface area contributed by atoms with Crippen LogP contribution in [0.25, 0.3) is 0 Å². The Morgan fingerprint density at radius 2 is 2.09 bits per heavy atom. The summed E-state index contributed by atoms with van der Waals surface area (Å²) in [6.45, 7) is 4.23. The van der Waals surface area contributed by atoms with Crippen molar-refractivity contribution in [3.8, 4) is 6.07 Å². The van der Waals surface area contributed by atoms with E-state index in [0.717, 1.165) is 18.2 Å². The topological polar surface area (TPSA) is 33.0 Å².